The van der Waals surface area contributed by atoms with Crippen molar-refractivity contribution in [3.05, 3.63) is 42.0 Å². The van der Waals surface area contributed by atoms with E-state index in [2.05, 4.69) is 6.58 Å². The van der Waals surface area contributed by atoms with Crippen LogP contribution in [-0.4, -0.2) is 37.2 Å². The van der Waals surface area contributed by atoms with Gasteiger partial charge in [-0.1, -0.05) is 18.7 Å². The second-order valence-electron chi connectivity index (χ2n) is 4.78. The van der Waals surface area contributed by atoms with Gasteiger partial charge >= 0.3 is 5.97 Å². The minimum absolute atomic E-state index is 0.195. The molecule has 4 nitrogen and oxygen atoms in total. The molecule has 1 aliphatic heterocycles. The van der Waals surface area contributed by atoms with E-state index in [0.717, 1.165) is 16.9 Å². The van der Waals surface area contributed by atoms with Gasteiger partial charge in [-0.25, -0.2) is 0 Å². The highest BCUT2D eigenvalue weighted by Gasteiger charge is 2.23. The van der Waals surface area contributed by atoms with Crippen molar-refractivity contribution in [2.45, 2.75) is 19.6 Å². The summed E-state index contributed by atoms with van der Waals surface area (Å²) in [4.78, 5) is 13.7. The summed E-state index contributed by atoms with van der Waals surface area (Å²) in [5, 5.41) is 0. The lowest BCUT2D eigenvalue weighted by Crippen LogP contribution is -2.28. The van der Waals surface area contributed by atoms with Gasteiger partial charge in [-0.05, 0) is 30.2 Å². The van der Waals surface area contributed by atoms with E-state index in [-0.39, 0.29) is 12.1 Å². The maximum Gasteiger partial charge on any atom is 0.320 e. The van der Waals surface area contributed by atoms with Gasteiger partial charge in [0.25, 0.3) is 0 Å². The molecule has 0 spiro atoms. The van der Waals surface area contributed by atoms with Crippen LogP contribution in [0.1, 0.15) is 12.5 Å². The van der Waals surface area contributed by atoms with E-state index < -0.39 is 0 Å². The molecule has 0 aromatic heterocycles. The number of carbonyl (C=O) groups excluding carboxylic acids is 1. The Labute approximate surface area is 113 Å². The third-order valence-corrected chi connectivity index (χ3v) is 3.23. The van der Waals surface area contributed by atoms with E-state index in [0.29, 0.717) is 19.6 Å². The molecule has 1 aromatic carbocycles. The molecule has 0 bridgehead atoms. The van der Waals surface area contributed by atoms with Crippen molar-refractivity contribution in [1.29, 1.82) is 0 Å². The monoisotopic (exact) mass is 261 g/mol. The van der Waals surface area contributed by atoms with Crippen molar-refractivity contribution in [2.24, 2.45) is 0 Å². The van der Waals surface area contributed by atoms with E-state index in [4.69, 9.17) is 9.47 Å². The quantitative estimate of drug-likeness (QED) is 0.616. The predicted molar refractivity (Wildman–Crippen MR) is 73.0 cm³/mol. The fourth-order valence-corrected chi connectivity index (χ4v) is 2.07. The first-order valence-corrected chi connectivity index (χ1v) is 6.31. The number of ether oxygens (including phenoxy) is 2. The van der Waals surface area contributed by atoms with Crippen LogP contribution in [0, 0.1) is 0 Å². The van der Waals surface area contributed by atoms with E-state index in [9.17, 15) is 4.79 Å². The summed E-state index contributed by atoms with van der Waals surface area (Å²) in [5.74, 6) is 0.636. The number of hydrogen-bond donors (Lipinski definition) is 0. The predicted octanol–water partition coefficient (Wildman–Crippen LogP) is 2.00. The van der Waals surface area contributed by atoms with Gasteiger partial charge in [-0.2, -0.15) is 0 Å². The number of esters is 1. The van der Waals surface area contributed by atoms with Gasteiger partial charge in [-0.15, -0.1) is 0 Å². The molecule has 1 heterocycles. The van der Waals surface area contributed by atoms with Crippen molar-refractivity contribution in [2.75, 3.05) is 20.2 Å². The second-order valence-corrected chi connectivity index (χ2v) is 4.78. The standard InChI is InChI=1S/C15H19NO3/c1-11-8-16(10-15(17)19-12(11)2)9-13-4-6-14(18-3)7-5-13/h4-7,12H,1,8-10H2,2-3H3/t12-/m0/s1. The number of methoxy groups -OCH3 is 1. The van der Waals surface area contributed by atoms with Crippen LogP contribution in [0.25, 0.3) is 0 Å². The van der Waals surface area contributed by atoms with Crippen molar-refractivity contribution in [1.82, 2.24) is 4.90 Å². The topological polar surface area (TPSA) is 38.8 Å². The summed E-state index contributed by atoms with van der Waals surface area (Å²) in [6.45, 7) is 7.51. The van der Waals surface area contributed by atoms with Crippen molar-refractivity contribution < 1.29 is 14.3 Å². The number of nitrogens with zero attached hydrogens (tertiary/aromatic N) is 1. The Morgan fingerprint density at radius 2 is 2.05 bits per heavy atom. The van der Waals surface area contributed by atoms with Crippen LogP contribution in [-0.2, 0) is 16.1 Å². The van der Waals surface area contributed by atoms with Crippen LogP contribution in [0.5, 0.6) is 5.75 Å². The van der Waals surface area contributed by atoms with E-state index in [1.54, 1.807) is 7.11 Å². The zero-order valence-corrected chi connectivity index (χ0v) is 11.4. The molecule has 0 aliphatic carbocycles. The van der Waals surface area contributed by atoms with Gasteiger partial charge in [0.2, 0.25) is 0 Å². The number of carbonyl (C=O) groups is 1. The molecule has 19 heavy (non-hydrogen) atoms. The molecule has 0 amide bonds. The van der Waals surface area contributed by atoms with Crippen LogP contribution in [0.15, 0.2) is 36.4 Å². The van der Waals surface area contributed by atoms with Crippen LogP contribution in [0.3, 0.4) is 0 Å². The lowest BCUT2D eigenvalue weighted by atomic mass is 10.1. The molecule has 102 valence electrons. The Morgan fingerprint density at radius 1 is 1.37 bits per heavy atom. The number of hydrogen-bond acceptors (Lipinski definition) is 4. The third kappa shape index (κ3) is 3.58. The molecule has 1 fully saturated rings. The molecule has 1 aromatic rings. The van der Waals surface area contributed by atoms with Gasteiger partial charge in [0.05, 0.1) is 13.7 Å². The largest absolute Gasteiger partial charge is 0.497 e. The molecule has 1 aliphatic rings. The highest BCUT2D eigenvalue weighted by atomic mass is 16.5. The van der Waals surface area contributed by atoms with Crippen molar-refractivity contribution in [3.8, 4) is 5.75 Å². The first kappa shape index (κ1) is 13.6. The van der Waals surface area contributed by atoms with Crippen molar-refractivity contribution >= 4 is 5.97 Å². The molecule has 0 radical (unpaired) electrons. The molecule has 1 atom stereocenters. The van der Waals surface area contributed by atoms with Crippen LogP contribution >= 0.6 is 0 Å². The first-order chi connectivity index (χ1) is 9.08. The average molecular weight is 261 g/mol. The zero-order valence-electron chi connectivity index (χ0n) is 11.4. The number of cyclic esters (lactones) is 1. The summed E-state index contributed by atoms with van der Waals surface area (Å²) >= 11 is 0. The number of benzene rings is 1. The molecule has 0 saturated carbocycles. The van der Waals surface area contributed by atoms with Crippen LogP contribution in [0.2, 0.25) is 0 Å². The summed E-state index contributed by atoms with van der Waals surface area (Å²) in [5.41, 5.74) is 2.07. The van der Waals surface area contributed by atoms with Crippen LogP contribution < -0.4 is 4.74 Å². The Bertz CT molecular complexity index is 467. The summed E-state index contributed by atoms with van der Waals surface area (Å²) in [7, 11) is 1.64. The smallest absolute Gasteiger partial charge is 0.320 e. The van der Waals surface area contributed by atoms with Gasteiger partial charge in [0.1, 0.15) is 11.9 Å². The maximum atomic E-state index is 11.6. The van der Waals surface area contributed by atoms with Gasteiger partial charge in [0.15, 0.2) is 0 Å². The van der Waals surface area contributed by atoms with Gasteiger partial charge in [-0.3, -0.25) is 9.69 Å². The molecule has 4 heteroatoms. The minimum Gasteiger partial charge on any atom is -0.497 e. The third-order valence-electron chi connectivity index (χ3n) is 3.23. The molecule has 2 rings (SSSR count). The van der Waals surface area contributed by atoms with Gasteiger partial charge < -0.3 is 9.47 Å². The minimum atomic E-state index is -0.201. The lowest BCUT2D eigenvalue weighted by molar-refractivity contribution is -0.146. The normalized spacial score (nSPS) is 20.8. The molecule has 0 N–H and O–H groups in total. The molecular formula is C15H19NO3. The summed E-state index contributed by atoms with van der Waals surface area (Å²) in [6.07, 6.45) is -0.201. The zero-order chi connectivity index (χ0) is 13.8. The van der Waals surface area contributed by atoms with Crippen LogP contribution in [0.4, 0.5) is 0 Å². The fourth-order valence-electron chi connectivity index (χ4n) is 2.07. The Morgan fingerprint density at radius 3 is 2.68 bits per heavy atom. The molecule has 0 unspecified atom stereocenters. The molecule has 1 saturated heterocycles. The Kier molecular flexibility index (Phi) is 4.22. The van der Waals surface area contributed by atoms with Crippen molar-refractivity contribution in [3.63, 3.8) is 0 Å². The lowest BCUT2D eigenvalue weighted by Gasteiger charge is -2.19. The fraction of sp³-hybridized carbons (Fsp3) is 0.400. The van der Waals surface area contributed by atoms with E-state index in [1.807, 2.05) is 36.1 Å². The van der Waals surface area contributed by atoms with E-state index >= 15 is 0 Å². The highest BCUT2D eigenvalue weighted by molar-refractivity contribution is 5.72. The number of rotatable bonds is 3. The average Bonchev–Trinajstić information content (AvgIpc) is 2.49. The first-order valence-electron chi connectivity index (χ1n) is 6.31. The maximum absolute atomic E-state index is 11.6. The summed E-state index contributed by atoms with van der Waals surface area (Å²) < 4.78 is 10.4. The SMILES string of the molecule is C=C1CN(Cc2ccc(OC)cc2)CC(=O)O[C@H]1C. The molecular weight excluding hydrogens is 242 g/mol. The summed E-state index contributed by atoms with van der Waals surface area (Å²) in [6, 6.07) is 7.84. The van der Waals surface area contributed by atoms with E-state index in [1.165, 1.54) is 0 Å². The second kappa shape index (κ2) is 5.89. The Balaban J connectivity index is 2.04. The Hall–Kier alpha value is -1.81. The highest BCUT2D eigenvalue weighted by Crippen LogP contribution is 2.17. The van der Waals surface area contributed by atoms with Gasteiger partial charge in [0, 0.05) is 13.1 Å².